The topological polar surface area (TPSA) is 38.1 Å². The number of fused-ring (bicyclic) bond motifs is 1. The molecule has 0 radical (unpaired) electrons. The maximum absolute atomic E-state index is 5.31. The lowest BCUT2D eigenvalue weighted by Gasteiger charge is -2.21. The van der Waals surface area contributed by atoms with E-state index in [2.05, 4.69) is 16.5 Å². The predicted octanol–water partition coefficient (Wildman–Crippen LogP) is 2.00. The summed E-state index contributed by atoms with van der Waals surface area (Å²) in [5.41, 5.74) is 2.32. The maximum Gasteiger partial charge on any atom is 0.162 e. The molecule has 0 aromatic carbocycles. The minimum absolute atomic E-state index is 0.708. The Hall–Kier alpha value is -1.09. The second-order valence-corrected chi connectivity index (χ2v) is 4.65. The SMILES string of the molecule is Cc1cc(C2=CC3CNCC3CC2)on1. The summed E-state index contributed by atoms with van der Waals surface area (Å²) in [5, 5.41) is 7.40. The van der Waals surface area contributed by atoms with Crippen LogP contribution in [0, 0.1) is 18.8 Å². The van der Waals surface area contributed by atoms with Crippen LogP contribution in [0.4, 0.5) is 0 Å². The lowest BCUT2D eigenvalue weighted by molar-refractivity contribution is 0.394. The van der Waals surface area contributed by atoms with Crippen molar-refractivity contribution in [2.75, 3.05) is 13.1 Å². The van der Waals surface area contributed by atoms with E-state index in [1.807, 2.05) is 13.0 Å². The van der Waals surface area contributed by atoms with E-state index in [9.17, 15) is 0 Å². The van der Waals surface area contributed by atoms with Gasteiger partial charge in [0.05, 0.1) is 5.69 Å². The standard InChI is InChI=1S/C12H16N2O/c1-8-4-12(15-14-8)9-2-3-10-6-13-7-11(10)5-9/h4-5,10-11,13H,2-3,6-7H2,1H3. The fourth-order valence-corrected chi connectivity index (χ4v) is 2.67. The van der Waals surface area contributed by atoms with Gasteiger partial charge in [-0.2, -0.15) is 0 Å². The summed E-state index contributed by atoms with van der Waals surface area (Å²) < 4.78 is 5.31. The van der Waals surface area contributed by atoms with Crippen molar-refractivity contribution in [2.24, 2.45) is 11.8 Å². The number of rotatable bonds is 1. The number of allylic oxidation sites excluding steroid dienone is 1. The Kier molecular flexibility index (Phi) is 2.13. The first-order valence-electron chi connectivity index (χ1n) is 5.68. The van der Waals surface area contributed by atoms with E-state index in [4.69, 9.17) is 4.52 Å². The van der Waals surface area contributed by atoms with Crippen LogP contribution in [-0.4, -0.2) is 18.2 Å². The predicted molar refractivity (Wildman–Crippen MR) is 58.3 cm³/mol. The van der Waals surface area contributed by atoms with Crippen LogP contribution < -0.4 is 5.32 Å². The van der Waals surface area contributed by atoms with Gasteiger partial charge >= 0.3 is 0 Å². The van der Waals surface area contributed by atoms with Gasteiger partial charge in [0.25, 0.3) is 0 Å². The average Bonchev–Trinajstić information content (AvgIpc) is 2.84. The molecular formula is C12H16N2O. The molecule has 1 saturated heterocycles. The first-order chi connectivity index (χ1) is 7.33. The highest BCUT2D eigenvalue weighted by Crippen LogP contribution is 2.35. The van der Waals surface area contributed by atoms with Gasteiger partial charge in [0.1, 0.15) is 0 Å². The number of aromatic nitrogens is 1. The number of nitrogens with zero attached hydrogens (tertiary/aromatic N) is 1. The zero-order valence-corrected chi connectivity index (χ0v) is 8.99. The monoisotopic (exact) mass is 204 g/mol. The van der Waals surface area contributed by atoms with Gasteiger partial charge in [0, 0.05) is 12.6 Å². The van der Waals surface area contributed by atoms with Crippen molar-refractivity contribution in [2.45, 2.75) is 19.8 Å². The quantitative estimate of drug-likeness (QED) is 0.760. The maximum atomic E-state index is 5.31. The molecule has 1 N–H and O–H groups in total. The lowest BCUT2D eigenvalue weighted by atomic mass is 9.82. The molecule has 0 bridgehead atoms. The first kappa shape index (κ1) is 9.16. The van der Waals surface area contributed by atoms with Gasteiger partial charge in [-0.25, -0.2) is 0 Å². The highest BCUT2D eigenvalue weighted by atomic mass is 16.5. The number of nitrogens with one attached hydrogen (secondary N) is 1. The highest BCUT2D eigenvalue weighted by molar-refractivity contribution is 5.62. The number of hydrogen-bond donors (Lipinski definition) is 1. The molecule has 1 aromatic rings. The normalized spacial score (nSPS) is 30.1. The van der Waals surface area contributed by atoms with Crippen molar-refractivity contribution < 1.29 is 4.52 Å². The van der Waals surface area contributed by atoms with Crippen molar-refractivity contribution in [3.05, 3.63) is 23.6 Å². The molecule has 3 rings (SSSR count). The van der Waals surface area contributed by atoms with Crippen LogP contribution >= 0.6 is 0 Å². The molecule has 3 heteroatoms. The molecule has 1 aromatic heterocycles. The van der Waals surface area contributed by atoms with Crippen LogP contribution in [0.3, 0.4) is 0 Å². The van der Waals surface area contributed by atoms with Gasteiger partial charge in [0.15, 0.2) is 5.76 Å². The van der Waals surface area contributed by atoms with Crippen LogP contribution in [0.2, 0.25) is 0 Å². The van der Waals surface area contributed by atoms with Crippen LogP contribution in [0.15, 0.2) is 16.7 Å². The van der Waals surface area contributed by atoms with E-state index in [0.29, 0.717) is 5.92 Å². The van der Waals surface area contributed by atoms with Crippen molar-refractivity contribution in [3.8, 4) is 0 Å². The largest absolute Gasteiger partial charge is 0.356 e. The van der Waals surface area contributed by atoms with Crippen LogP contribution in [0.25, 0.3) is 5.57 Å². The van der Waals surface area contributed by atoms with Gasteiger partial charge < -0.3 is 9.84 Å². The number of aryl methyl sites for hydroxylation is 1. The zero-order chi connectivity index (χ0) is 10.3. The van der Waals surface area contributed by atoms with Crippen molar-refractivity contribution in [1.29, 1.82) is 0 Å². The van der Waals surface area contributed by atoms with Crippen molar-refractivity contribution in [1.82, 2.24) is 10.5 Å². The Labute approximate surface area is 89.5 Å². The van der Waals surface area contributed by atoms with Gasteiger partial charge in [-0.3, -0.25) is 0 Å². The minimum Gasteiger partial charge on any atom is -0.356 e. The summed E-state index contributed by atoms with van der Waals surface area (Å²) >= 11 is 0. The molecule has 15 heavy (non-hydrogen) atoms. The molecule has 2 heterocycles. The molecule has 2 aliphatic rings. The molecule has 3 nitrogen and oxygen atoms in total. The number of hydrogen-bond acceptors (Lipinski definition) is 3. The summed E-state index contributed by atoms with van der Waals surface area (Å²) in [7, 11) is 0. The van der Waals surface area contributed by atoms with E-state index in [1.165, 1.54) is 18.5 Å². The smallest absolute Gasteiger partial charge is 0.162 e. The average molecular weight is 204 g/mol. The molecule has 0 spiro atoms. The molecule has 1 fully saturated rings. The van der Waals surface area contributed by atoms with Gasteiger partial charge in [0.2, 0.25) is 0 Å². The Bertz CT molecular complexity index is 394. The third kappa shape index (κ3) is 1.61. The minimum atomic E-state index is 0.708. The van der Waals surface area contributed by atoms with Crippen molar-refractivity contribution in [3.63, 3.8) is 0 Å². The molecule has 0 saturated carbocycles. The molecular weight excluding hydrogens is 188 g/mol. The Morgan fingerprint density at radius 1 is 1.47 bits per heavy atom. The van der Waals surface area contributed by atoms with Gasteiger partial charge in [-0.1, -0.05) is 11.2 Å². The van der Waals surface area contributed by atoms with E-state index in [0.717, 1.165) is 30.3 Å². The summed E-state index contributed by atoms with van der Waals surface area (Å²) in [4.78, 5) is 0. The molecule has 1 aliphatic heterocycles. The van der Waals surface area contributed by atoms with Gasteiger partial charge in [-0.05, 0) is 43.7 Å². The highest BCUT2D eigenvalue weighted by Gasteiger charge is 2.29. The molecule has 0 amide bonds. The fraction of sp³-hybridized carbons (Fsp3) is 0.583. The van der Waals surface area contributed by atoms with E-state index >= 15 is 0 Å². The second-order valence-electron chi connectivity index (χ2n) is 4.65. The third-order valence-electron chi connectivity index (χ3n) is 3.54. The lowest BCUT2D eigenvalue weighted by Crippen LogP contribution is -2.14. The summed E-state index contributed by atoms with van der Waals surface area (Å²) in [6.45, 7) is 4.28. The summed E-state index contributed by atoms with van der Waals surface area (Å²) in [5.74, 6) is 2.52. The van der Waals surface area contributed by atoms with Crippen LogP contribution in [0.1, 0.15) is 24.3 Å². The fourth-order valence-electron chi connectivity index (χ4n) is 2.67. The second kappa shape index (κ2) is 3.49. The Morgan fingerprint density at radius 2 is 2.40 bits per heavy atom. The molecule has 2 unspecified atom stereocenters. The van der Waals surface area contributed by atoms with Gasteiger partial charge in [-0.15, -0.1) is 0 Å². The van der Waals surface area contributed by atoms with Crippen LogP contribution in [0.5, 0.6) is 0 Å². The molecule has 80 valence electrons. The van der Waals surface area contributed by atoms with Crippen LogP contribution in [-0.2, 0) is 0 Å². The van der Waals surface area contributed by atoms with E-state index < -0.39 is 0 Å². The van der Waals surface area contributed by atoms with E-state index in [-0.39, 0.29) is 0 Å². The summed E-state index contributed by atoms with van der Waals surface area (Å²) in [6, 6.07) is 2.04. The third-order valence-corrected chi connectivity index (χ3v) is 3.54. The Morgan fingerprint density at radius 3 is 3.20 bits per heavy atom. The first-order valence-corrected chi connectivity index (χ1v) is 5.68. The summed E-state index contributed by atoms with van der Waals surface area (Å²) in [6.07, 6.45) is 4.80. The molecule has 2 atom stereocenters. The van der Waals surface area contributed by atoms with E-state index in [1.54, 1.807) is 0 Å². The van der Waals surface area contributed by atoms with Crippen molar-refractivity contribution >= 4 is 5.57 Å². The molecule has 1 aliphatic carbocycles. The zero-order valence-electron chi connectivity index (χ0n) is 8.99. The Balaban J connectivity index is 1.88.